The van der Waals surface area contributed by atoms with Gasteiger partial charge in [0, 0.05) is 31.3 Å². The molecule has 3 aromatic rings. The first kappa shape index (κ1) is 19.8. The van der Waals surface area contributed by atoms with Crippen molar-refractivity contribution in [3.63, 3.8) is 0 Å². The maximum atomic E-state index is 13.7. The van der Waals surface area contributed by atoms with Crippen molar-refractivity contribution in [2.45, 2.75) is 11.8 Å². The quantitative estimate of drug-likeness (QED) is 0.689. The molecule has 0 bridgehead atoms. The number of nitrogens with zero attached hydrogens (tertiary/aromatic N) is 2. The van der Waals surface area contributed by atoms with Gasteiger partial charge in [-0.15, -0.1) is 0 Å². The van der Waals surface area contributed by atoms with Crippen molar-refractivity contribution in [3.05, 3.63) is 89.3 Å². The van der Waals surface area contributed by atoms with Crippen LogP contribution in [0.4, 0.5) is 4.39 Å². The number of carbonyl (C=O) groups excluding carboxylic acids is 1. The number of aromatic nitrogens is 2. The van der Waals surface area contributed by atoms with E-state index in [1.54, 1.807) is 54.3 Å². The molecule has 1 atom stereocenters. The van der Waals surface area contributed by atoms with E-state index in [2.05, 4.69) is 10.3 Å². The number of hydrogen-bond acceptors (Lipinski definition) is 4. The molecule has 0 aliphatic carbocycles. The molecule has 1 N–H and O–H groups in total. The molecular weight excluding hydrogens is 381 g/mol. The highest BCUT2D eigenvalue weighted by Crippen LogP contribution is 2.22. The SMILES string of the molecule is Cn1ccnc1C(NC(=O)c1cccc(CS(C)(=O)=O)c1)c1cccc(F)c1. The molecule has 2 aromatic carbocycles. The molecular formula is C20H20FN3O3S. The van der Waals surface area contributed by atoms with E-state index in [0.717, 1.165) is 6.26 Å². The number of hydrogen-bond donors (Lipinski definition) is 1. The zero-order chi connectivity index (χ0) is 20.3. The van der Waals surface area contributed by atoms with Gasteiger partial charge in [-0.3, -0.25) is 4.79 Å². The van der Waals surface area contributed by atoms with Crippen molar-refractivity contribution in [1.82, 2.24) is 14.9 Å². The molecule has 0 saturated heterocycles. The standard InChI is InChI=1S/C20H20FN3O3S/c1-24-10-9-22-19(24)18(15-6-4-8-17(21)12-15)23-20(25)16-7-3-5-14(11-16)13-28(2,26)27/h3-12,18H,13H2,1-2H3,(H,23,25). The molecule has 1 unspecified atom stereocenters. The van der Waals surface area contributed by atoms with Crippen LogP contribution in [0.25, 0.3) is 0 Å². The van der Waals surface area contributed by atoms with Crippen LogP contribution in [0.2, 0.25) is 0 Å². The van der Waals surface area contributed by atoms with Gasteiger partial charge in [0.1, 0.15) is 17.7 Å². The number of amides is 1. The summed E-state index contributed by atoms with van der Waals surface area (Å²) in [5.74, 6) is -0.430. The minimum absolute atomic E-state index is 0.152. The number of imidazole rings is 1. The molecule has 8 heteroatoms. The van der Waals surface area contributed by atoms with Crippen LogP contribution in [0.3, 0.4) is 0 Å². The van der Waals surface area contributed by atoms with E-state index in [-0.39, 0.29) is 5.75 Å². The lowest BCUT2D eigenvalue weighted by atomic mass is 10.0. The second kappa shape index (κ2) is 7.93. The molecule has 0 fully saturated rings. The molecule has 0 saturated carbocycles. The fraction of sp³-hybridized carbons (Fsp3) is 0.200. The van der Waals surface area contributed by atoms with Gasteiger partial charge in [0.15, 0.2) is 9.84 Å². The lowest BCUT2D eigenvalue weighted by Gasteiger charge is -2.19. The van der Waals surface area contributed by atoms with Gasteiger partial charge in [-0.05, 0) is 35.4 Å². The molecule has 6 nitrogen and oxygen atoms in total. The Labute approximate surface area is 163 Å². The summed E-state index contributed by atoms with van der Waals surface area (Å²) in [6.07, 6.45) is 4.47. The highest BCUT2D eigenvalue weighted by atomic mass is 32.2. The third kappa shape index (κ3) is 4.83. The number of carbonyl (C=O) groups is 1. The molecule has 0 radical (unpaired) electrons. The normalized spacial score (nSPS) is 12.5. The van der Waals surface area contributed by atoms with Crippen molar-refractivity contribution in [2.24, 2.45) is 7.05 Å². The molecule has 0 aliphatic heterocycles. The summed E-state index contributed by atoms with van der Waals surface area (Å²) in [6, 6.07) is 11.7. The first-order valence-electron chi connectivity index (χ1n) is 8.53. The first-order chi connectivity index (χ1) is 13.2. The second-order valence-electron chi connectivity index (χ2n) is 6.63. The Bertz CT molecular complexity index is 1110. The predicted octanol–water partition coefficient (Wildman–Crippen LogP) is 2.62. The lowest BCUT2D eigenvalue weighted by molar-refractivity contribution is 0.0941. The van der Waals surface area contributed by atoms with Gasteiger partial charge in [0.2, 0.25) is 0 Å². The van der Waals surface area contributed by atoms with Gasteiger partial charge in [-0.2, -0.15) is 0 Å². The van der Waals surface area contributed by atoms with E-state index in [9.17, 15) is 17.6 Å². The second-order valence-corrected chi connectivity index (χ2v) is 8.77. The molecule has 0 aliphatic rings. The van der Waals surface area contributed by atoms with E-state index in [4.69, 9.17) is 0 Å². The van der Waals surface area contributed by atoms with Gasteiger partial charge in [-0.1, -0.05) is 24.3 Å². The van der Waals surface area contributed by atoms with Gasteiger partial charge in [0.25, 0.3) is 5.91 Å². The van der Waals surface area contributed by atoms with E-state index in [1.807, 2.05) is 0 Å². The highest BCUT2D eigenvalue weighted by molar-refractivity contribution is 7.89. The van der Waals surface area contributed by atoms with Crippen LogP contribution in [-0.4, -0.2) is 30.1 Å². The van der Waals surface area contributed by atoms with E-state index in [0.29, 0.717) is 22.5 Å². The number of sulfone groups is 1. The topological polar surface area (TPSA) is 81.1 Å². The molecule has 146 valence electrons. The van der Waals surface area contributed by atoms with Crippen LogP contribution in [0.5, 0.6) is 0 Å². The van der Waals surface area contributed by atoms with Gasteiger partial charge in [-0.25, -0.2) is 17.8 Å². The summed E-state index contributed by atoms with van der Waals surface area (Å²) >= 11 is 0. The Hall–Kier alpha value is -3.00. The Kier molecular flexibility index (Phi) is 5.60. The Morgan fingerprint density at radius 3 is 2.61 bits per heavy atom. The Balaban J connectivity index is 1.92. The summed E-state index contributed by atoms with van der Waals surface area (Å²) < 4.78 is 38.5. The average Bonchev–Trinajstić information content (AvgIpc) is 3.04. The molecule has 1 amide bonds. The summed E-state index contributed by atoms with van der Waals surface area (Å²) in [4.78, 5) is 17.1. The van der Waals surface area contributed by atoms with Crippen LogP contribution >= 0.6 is 0 Å². The number of aryl methyl sites for hydroxylation is 1. The number of benzene rings is 2. The van der Waals surface area contributed by atoms with Crippen molar-refractivity contribution >= 4 is 15.7 Å². The summed E-state index contributed by atoms with van der Waals surface area (Å²) in [5, 5.41) is 2.87. The van der Waals surface area contributed by atoms with E-state index in [1.165, 1.54) is 18.2 Å². The van der Waals surface area contributed by atoms with Gasteiger partial charge >= 0.3 is 0 Å². The van der Waals surface area contributed by atoms with Crippen LogP contribution in [0.1, 0.15) is 33.4 Å². The molecule has 0 spiro atoms. The minimum atomic E-state index is -3.22. The smallest absolute Gasteiger partial charge is 0.252 e. The third-order valence-corrected chi connectivity index (χ3v) is 5.05. The largest absolute Gasteiger partial charge is 0.338 e. The summed E-state index contributed by atoms with van der Waals surface area (Å²) in [6.45, 7) is 0. The fourth-order valence-corrected chi connectivity index (χ4v) is 3.74. The first-order valence-corrected chi connectivity index (χ1v) is 10.6. The molecule has 28 heavy (non-hydrogen) atoms. The van der Waals surface area contributed by atoms with Crippen LogP contribution in [0, 0.1) is 5.82 Å². The van der Waals surface area contributed by atoms with E-state index < -0.39 is 27.6 Å². The highest BCUT2D eigenvalue weighted by Gasteiger charge is 2.22. The Morgan fingerprint density at radius 2 is 1.96 bits per heavy atom. The lowest BCUT2D eigenvalue weighted by Crippen LogP contribution is -2.31. The van der Waals surface area contributed by atoms with Gasteiger partial charge < -0.3 is 9.88 Å². The number of halogens is 1. The number of rotatable bonds is 6. The third-order valence-electron chi connectivity index (χ3n) is 4.19. The van der Waals surface area contributed by atoms with E-state index >= 15 is 0 Å². The molecule has 1 aromatic heterocycles. The fourth-order valence-electron chi connectivity index (χ4n) is 2.96. The molecule has 3 rings (SSSR count). The zero-order valence-corrected chi connectivity index (χ0v) is 16.3. The molecule has 1 heterocycles. The van der Waals surface area contributed by atoms with Crippen molar-refractivity contribution in [2.75, 3.05) is 6.26 Å². The Morgan fingerprint density at radius 1 is 1.21 bits per heavy atom. The predicted molar refractivity (Wildman–Crippen MR) is 104 cm³/mol. The number of nitrogens with one attached hydrogen (secondary N) is 1. The average molecular weight is 401 g/mol. The summed E-state index contributed by atoms with van der Waals surface area (Å²) in [5.41, 5.74) is 1.39. The maximum Gasteiger partial charge on any atom is 0.252 e. The van der Waals surface area contributed by atoms with Gasteiger partial charge in [0.05, 0.1) is 5.75 Å². The maximum absolute atomic E-state index is 13.7. The van der Waals surface area contributed by atoms with Crippen molar-refractivity contribution in [3.8, 4) is 0 Å². The monoisotopic (exact) mass is 401 g/mol. The van der Waals surface area contributed by atoms with Crippen molar-refractivity contribution in [1.29, 1.82) is 0 Å². The zero-order valence-electron chi connectivity index (χ0n) is 15.5. The van der Waals surface area contributed by atoms with Crippen molar-refractivity contribution < 1.29 is 17.6 Å². The van der Waals surface area contributed by atoms with Crippen LogP contribution < -0.4 is 5.32 Å². The van der Waals surface area contributed by atoms with Crippen LogP contribution in [-0.2, 0) is 22.6 Å². The minimum Gasteiger partial charge on any atom is -0.338 e. The summed E-state index contributed by atoms with van der Waals surface area (Å²) in [7, 11) is -1.43. The van der Waals surface area contributed by atoms with Crippen LogP contribution in [0.15, 0.2) is 60.9 Å².